The first-order valence-corrected chi connectivity index (χ1v) is 17.6. The van der Waals surface area contributed by atoms with Crippen molar-refractivity contribution in [2.75, 3.05) is 18.5 Å². The van der Waals surface area contributed by atoms with Crippen LogP contribution in [0.2, 0.25) is 25.2 Å². The van der Waals surface area contributed by atoms with Crippen molar-refractivity contribution in [3.63, 3.8) is 0 Å². The van der Waals surface area contributed by atoms with E-state index in [9.17, 15) is 4.79 Å². The Hall–Kier alpha value is -1.55. The predicted molar refractivity (Wildman–Crippen MR) is 151 cm³/mol. The zero-order chi connectivity index (χ0) is 24.5. The molecule has 1 atom stereocenters. The van der Waals surface area contributed by atoms with Gasteiger partial charge in [-0.3, -0.25) is 0 Å². The minimum absolute atomic E-state index is 0.248. The van der Waals surface area contributed by atoms with Crippen molar-refractivity contribution in [3.8, 4) is 0 Å². The van der Waals surface area contributed by atoms with Gasteiger partial charge in [0.1, 0.15) is 0 Å². The highest BCUT2D eigenvalue weighted by atomic mass is 28.3. The van der Waals surface area contributed by atoms with Crippen LogP contribution in [0.3, 0.4) is 0 Å². The van der Waals surface area contributed by atoms with E-state index >= 15 is 0 Å². The van der Waals surface area contributed by atoms with Gasteiger partial charge >= 0.3 is 5.97 Å². The van der Waals surface area contributed by atoms with Gasteiger partial charge in [0, 0.05) is 20.3 Å². The van der Waals surface area contributed by atoms with Crippen LogP contribution in [-0.2, 0) is 4.74 Å². The molecule has 1 unspecified atom stereocenters. The molecular formula is C30H51NO2Si. The Labute approximate surface area is 211 Å². The maximum absolute atomic E-state index is 11.7. The number of benzene rings is 1. The number of hydrogen-bond donors (Lipinski definition) is 1. The van der Waals surface area contributed by atoms with Crippen LogP contribution in [0.5, 0.6) is 0 Å². The molecule has 1 aliphatic carbocycles. The second-order valence-corrected chi connectivity index (χ2v) is 16.3. The molecule has 0 heterocycles. The Kier molecular flexibility index (Phi) is 14.3. The van der Waals surface area contributed by atoms with Crippen molar-refractivity contribution in [1.29, 1.82) is 0 Å². The van der Waals surface area contributed by atoms with E-state index in [0.29, 0.717) is 12.2 Å². The Morgan fingerprint density at radius 3 is 2.18 bits per heavy atom. The quantitative estimate of drug-likeness (QED) is 0.0974. The Balaban J connectivity index is 1.38. The summed E-state index contributed by atoms with van der Waals surface area (Å²) < 4.78 is 5.02. The lowest BCUT2D eigenvalue weighted by Gasteiger charge is -2.26. The number of unbranched alkanes of at least 4 members (excludes halogenated alkanes) is 8. The van der Waals surface area contributed by atoms with Crippen molar-refractivity contribution in [2.45, 2.75) is 116 Å². The van der Waals surface area contributed by atoms with Crippen LogP contribution in [0.1, 0.15) is 101 Å². The van der Waals surface area contributed by atoms with Crippen LogP contribution in [-0.4, -0.2) is 27.2 Å². The second-order valence-electron chi connectivity index (χ2n) is 11.0. The molecule has 0 bridgehead atoms. The molecule has 3 nitrogen and oxygen atoms in total. The molecular weight excluding hydrogens is 434 g/mol. The van der Waals surface area contributed by atoms with Gasteiger partial charge in [0.05, 0.1) is 12.2 Å². The lowest BCUT2D eigenvalue weighted by Crippen LogP contribution is -2.25. The van der Waals surface area contributed by atoms with Gasteiger partial charge in [0.25, 0.3) is 0 Å². The topological polar surface area (TPSA) is 38.3 Å². The van der Waals surface area contributed by atoms with E-state index in [1.165, 1.54) is 89.5 Å². The first-order valence-electron chi connectivity index (χ1n) is 14.2. The van der Waals surface area contributed by atoms with E-state index in [1.54, 1.807) is 6.04 Å². The van der Waals surface area contributed by atoms with Gasteiger partial charge in [-0.15, -0.1) is 0 Å². The third kappa shape index (κ3) is 12.8. The van der Waals surface area contributed by atoms with E-state index in [2.05, 4.69) is 30.6 Å². The molecule has 1 aliphatic rings. The predicted octanol–water partition coefficient (Wildman–Crippen LogP) is 9.24. The highest BCUT2D eigenvalue weighted by molar-refractivity contribution is 6.77. The lowest BCUT2D eigenvalue weighted by atomic mass is 9.92. The fourth-order valence-corrected chi connectivity index (χ4v) is 7.62. The molecule has 0 amide bonds. The summed E-state index contributed by atoms with van der Waals surface area (Å²) in [6, 6.07) is 10.7. The number of esters is 1. The number of rotatable bonds is 18. The number of anilines is 1. The molecule has 0 saturated carbocycles. The first-order chi connectivity index (χ1) is 16.5. The molecule has 0 aliphatic heterocycles. The molecule has 2 rings (SSSR count). The number of ether oxygens (including phenoxy) is 1. The lowest BCUT2D eigenvalue weighted by molar-refractivity contribution is 0.0526. The highest BCUT2D eigenvalue weighted by Crippen LogP contribution is 2.29. The largest absolute Gasteiger partial charge is 0.462 e. The SMILES string of the molecule is CCOC(=O)c1ccc(NCCCCCCCCCCC[Si](C)(C)CCC2CC=CCC2)cc1. The summed E-state index contributed by atoms with van der Waals surface area (Å²) in [5, 5.41) is 3.46. The number of allylic oxidation sites excluding steroid dienone is 2. The summed E-state index contributed by atoms with van der Waals surface area (Å²) in [7, 11) is -0.968. The van der Waals surface area contributed by atoms with E-state index < -0.39 is 8.07 Å². The fourth-order valence-electron chi connectivity index (χ4n) is 4.98. The summed E-state index contributed by atoms with van der Waals surface area (Å²) in [4.78, 5) is 11.7. The van der Waals surface area contributed by atoms with E-state index in [-0.39, 0.29) is 5.97 Å². The molecule has 0 radical (unpaired) electrons. The van der Waals surface area contributed by atoms with Gasteiger partial charge in [0.2, 0.25) is 0 Å². The van der Waals surface area contributed by atoms with E-state index in [4.69, 9.17) is 4.74 Å². The third-order valence-electron chi connectivity index (χ3n) is 7.36. The average molecular weight is 486 g/mol. The van der Waals surface area contributed by atoms with Crippen LogP contribution in [0.4, 0.5) is 5.69 Å². The molecule has 1 aromatic rings. The molecule has 0 fully saturated rings. The molecule has 4 heteroatoms. The summed E-state index contributed by atoms with van der Waals surface area (Å²) in [5.41, 5.74) is 1.69. The molecule has 1 aromatic carbocycles. The normalized spacial score (nSPS) is 15.9. The number of nitrogens with one attached hydrogen (secondary N) is 1. The smallest absolute Gasteiger partial charge is 0.338 e. The van der Waals surface area contributed by atoms with Crippen molar-refractivity contribution in [1.82, 2.24) is 0 Å². The summed E-state index contributed by atoms with van der Waals surface area (Å²) in [5.74, 6) is 0.736. The monoisotopic (exact) mass is 485 g/mol. The van der Waals surface area contributed by atoms with Crippen molar-refractivity contribution in [3.05, 3.63) is 42.0 Å². The zero-order valence-corrected chi connectivity index (χ0v) is 23.4. The minimum atomic E-state index is -0.968. The molecule has 0 saturated heterocycles. The van der Waals surface area contributed by atoms with Gasteiger partial charge in [-0.1, -0.05) is 95.1 Å². The van der Waals surface area contributed by atoms with Crippen molar-refractivity contribution >= 4 is 19.7 Å². The second kappa shape index (κ2) is 17.0. The molecule has 0 spiro atoms. The molecule has 34 heavy (non-hydrogen) atoms. The van der Waals surface area contributed by atoms with Crippen molar-refractivity contribution < 1.29 is 9.53 Å². The minimum Gasteiger partial charge on any atom is -0.462 e. The molecule has 0 aromatic heterocycles. The number of hydrogen-bond acceptors (Lipinski definition) is 3. The maximum Gasteiger partial charge on any atom is 0.338 e. The molecule has 192 valence electrons. The van der Waals surface area contributed by atoms with Crippen LogP contribution in [0.25, 0.3) is 0 Å². The average Bonchev–Trinajstić information content (AvgIpc) is 2.84. The van der Waals surface area contributed by atoms with E-state index in [0.717, 1.165) is 18.2 Å². The molecule has 1 N–H and O–H groups in total. The van der Waals surface area contributed by atoms with Gasteiger partial charge in [-0.05, 0) is 62.8 Å². The summed E-state index contributed by atoms with van der Waals surface area (Å²) in [6.45, 7) is 8.49. The van der Waals surface area contributed by atoms with Crippen LogP contribution < -0.4 is 5.32 Å². The maximum atomic E-state index is 11.7. The highest BCUT2D eigenvalue weighted by Gasteiger charge is 2.22. The van der Waals surface area contributed by atoms with Crippen molar-refractivity contribution in [2.24, 2.45) is 5.92 Å². The standard InChI is InChI=1S/C30H51NO2Si/c1-4-33-30(32)28-19-21-29(22-20-28)31-24-15-10-8-6-5-7-9-11-16-25-34(2,3)26-23-27-17-13-12-14-18-27/h12-13,19-22,27,31H,4-11,14-18,23-26H2,1-3H3. The summed E-state index contributed by atoms with van der Waals surface area (Å²) in [6.07, 6.45) is 22.8. The first kappa shape index (κ1) is 28.7. The number of carbonyl (C=O) groups is 1. The van der Waals surface area contributed by atoms with Gasteiger partial charge in [-0.25, -0.2) is 4.79 Å². The Bertz CT molecular complexity index is 698. The van der Waals surface area contributed by atoms with Crippen LogP contribution in [0.15, 0.2) is 36.4 Å². The van der Waals surface area contributed by atoms with Gasteiger partial charge in [0.15, 0.2) is 0 Å². The Morgan fingerprint density at radius 2 is 1.56 bits per heavy atom. The van der Waals surface area contributed by atoms with Crippen LogP contribution in [0, 0.1) is 5.92 Å². The third-order valence-corrected chi connectivity index (χ3v) is 10.7. The van der Waals surface area contributed by atoms with Gasteiger partial charge < -0.3 is 10.1 Å². The van der Waals surface area contributed by atoms with Crippen LogP contribution >= 0.6 is 0 Å². The fraction of sp³-hybridized carbons (Fsp3) is 0.700. The van der Waals surface area contributed by atoms with Gasteiger partial charge in [-0.2, -0.15) is 0 Å². The van der Waals surface area contributed by atoms with E-state index in [1.807, 2.05) is 31.2 Å². The number of carbonyl (C=O) groups excluding carboxylic acids is 1. The Morgan fingerprint density at radius 1 is 0.912 bits per heavy atom. The summed E-state index contributed by atoms with van der Waals surface area (Å²) >= 11 is 0. The zero-order valence-electron chi connectivity index (χ0n) is 22.4.